The van der Waals surface area contributed by atoms with E-state index >= 15 is 0 Å². The third-order valence-corrected chi connectivity index (χ3v) is 5.40. The number of thiophene rings is 1. The van der Waals surface area contributed by atoms with Crippen LogP contribution in [0.5, 0.6) is 0 Å². The SMILES string of the molecule is CN1CCCCCC1C(=O)N(Cc1cccnc1)Cc1ccsc1. The van der Waals surface area contributed by atoms with E-state index in [4.69, 9.17) is 0 Å². The summed E-state index contributed by atoms with van der Waals surface area (Å²) < 4.78 is 0. The Kier molecular flexibility index (Phi) is 5.99. The molecule has 0 radical (unpaired) electrons. The van der Waals surface area contributed by atoms with Gasteiger partial charge in [0.1, 0.15) is 0 Å². The number of likely N-dealkylation sites (tertiary alicyclic amines) is 1. The van der Waals surface area contributed by atoms with E-state index in [-0.39, 0.29) is 11.9 Å². The van der Waals surface area contributed by atoms with Gasteiger partial charge in [0.05, 0.1) is 6.04 Å². The van der Waals surface area contributed by atoms with Crippen molar-refractivity contribution in [1.82, 2.24) is 14.8 Å². The average molecular weight is 343 g/mol. The second kappa shape index (κ2) is 8.40. The van der Waals surface area contributed by atoms with Crippen LogP contribution in [0.1, 0.15) is 36.8 Å². The highest BCUT2D eigenvalue weighted by atomic mass is 32.1. The van der Waals surface area contributed by atoms with Crippen molar-refractivity contribution in [2.45, 2.75) is 44.8 Å². The molecule has 2 aromatic rings. The molecule has 24 heavy (non-hydrogen) atoms. The first-order chi connectivity index (χ1) is 11.7. The minimum absolute atomic E-state index is 0.00260. The highest BCUT2D eigenvalue weighted by Crippen LogP contribution is 2.20. The van der Waals surface area contributed by atoms with Gasteiger partial charge in [0.15, 0.2) is 0 Å². The summed E-state index contributed by atoms with van der Waals surface area (Å²) in [6.07, 6.45) is 8.13. The van der Waals surface area contributed by atoms with Gasteiger partial charge in [-0.15, -0.1) is 0 Å². The molecule has 1 aliphatic rings. The van der Waals surface area contributed by atoms with Crippen LogP contribution >= 0.6 is 11.3 Å². The molecule has 5 heteroatoms. The highest BCUT2D eigenvalue weighted by molar-refractivity contribution is 7.07. The summed E-state index contributed by atoms with van der Waals surface area (Å²) in [6, 6.07) is 6.08. The lowest BCUT2D eigenvalue weighted by molar-refractivity contribution is -0.138. The molecule has 3 heterocycles. The Balaban J connectivity index is 1.78. The first-order valence-corrected chi connectivity index (χ1v) is 9.57. The molecule has 1 atom stereocenters. The lowest BCUT2D eigenvalue weighted by atomic mass is 10.1. The standard InChI is InChI=1S/C19H25N3OS/c1-21-10-4-2-3-7-18(21)19(23)22(14-17-8-11-24-15-17)13-16-6-5-9-20-12-16/h5-6,8-9,11-12,15,18H,2-4,7,10,13-14H2,1H3. The Bertz CT molecular complexity index is 629. The summed E-state index contributed by atoms with van der Waals surface area (Å²) in [4.78, 5) is 21.7. The summed E-state index contributed by atoms with van der Waals surface area (Å²) in [5, 5.41) is 4.19. The van der Waals surface area contributed by atoms with E-state index in [1.165, 1.54) is 18.4 Å². The fourth-order valence-electron chi connectivity index (χ4n) is 3.30. The molecule has 4 nitrogen and oxygen atoms in total. The molecule has 1 unspecified atom stereocenters. The van der Waals surface area contributed by atoms with Crippen molar-refractivity contribution >= 4 is 17.2 Å². The summed E-state index contributed by atoms with van der Waals surface area (Å²) >= 11 is 1.68. The van der Waals surface area contributed by atoms with Crippen LogP contribution in [-0.4, -0.2) is 40.3 Å². The topological polar surface area (TPSA) is 36.4 Å². The molecule has 3 rings (SSSR count). The molecule has 0 N–H and O–H groups in total. The van der Waals surface area contributed by atoms with Crippen molar-refractivity contribution in [3.8, 4) is 0 Å². The van der Waals surface area contributed by atoms with E-state index in [0.717, 1.165) is 24.9 Å². The largest absolute Gasteiger partial charge is 0.333 e. The predicted molar refractivity (Wildman–Crippen MR) is 97.7 cm³/mol. The van der Waals surface area contributed by atoms with Crippen LogP contribution in [0.15, 0.2) is 41.4 Å². The van der Waals surface area contributed by atoms with Crippen molar-refractivity contribution in [2.75, 3.05) is 13.6 Å². The van der Waals surface area contributed by atoms with Gasteiger partial charge in [-0.3, -0.25) is 14.7 Å². The normalized spacial score (nSPS) is 19.0. The number of aromatic nitrogens is 1. The van der Waals surface area contributed by atoms with Gasteiger partial charge in [0.2, 0.25) is 5.91 Å². The maximum Gasteiger partial charge on any atom is 0.240 e. The van der Waals surface area contributed by atoms with E-state index in [1.54, 1.807) is 17.5 Å². The van der Waals surface area contributed by atoms with E-state index < -0.39 is 0 Å². The predicted octanol–water partition coefficient (Wildman–Crippen LogP) is 3.55. The Morgan fingerprint density at radius 2 is 2.17 bits per heavy atom. The fraction of sp³-hybridized carbons (Fsp3) is 0.474. The molecule has 0 spiro atoms. The van der Waals surface area contributed by atoms with Gasteiger partial charge in [0.25, 0.3) is 0 Å². The Morgan fingerprint density at radius 1 is 1.29 bits per heavy atom. The van der Waals surface area contributed by atoms with Crippen molar-refractivity contribution in [1.29, 1.82) is 0 Å². The van der Waals surface area contributed by atoms with Crippen LogP contribution in [0.3, 0.4) is 0 Å². The molecule has 0 bridgehead atoms. The zero-order valence-electron chi connectivity index (χ0n) is 14.2. The lowest BCUT2D eigenvalue weighted by Gasteiger charge is -2.31. The number of pyridine rings is 1. The van der Waals surface area contributed by atoms with Gasteiger partial charge < -0.3 is 4.90 Å². The van der Waals surface area contributed by atoms with Crippen molar-refractivity contribution in [3.05, 3.63) is 52.5 Å². The second-order valence-corrected chi connectivity index (χ2v) is 7.31. The molecule has 1 fully saturated rings. The molecule has 2 aromatic heterocycles. The Hall–Kier alpha value is -1.72. The number of likely N-dealkylation sites (N-methyl/N-ethyl adjacent to an activating group) is 1. The van der Waals surface area contributed by atoms with Gasteiger partial charge in [-0.25, -0.2) is 0 Å². The van der Waals surface area contributed by atoms with E-state index in [0.29, 0.717) is 13.1 Å². The quantitative estimate of drug-likeness (QED) is 0.833. The number of carbonyl (C=O) groups is 1. The van der Waals surface area contributed by atoms with Crippen LogP contribution in [-0.2, 0) is 17.9 Å². The Labute approximate surface area is 148 Å². The van der Waals surface area contributed by atoms with Crippen molar-refractivity contribution in [3.63, 3.8) is 0 Å². The molecule has 0 aliphatic carbocycles. The van der Waals surface area contributed by atoms with E-state index in [9.17, 15) is 4.79 Å². The summed E-state index contributed by atoms with van der Waals surface area (Å²) in [5.74, 6) is 0.245. The zero-order valence-corrected chi connectivity index (χ0v) is 15.0. The highest BCUT2D eigenvalue weighted by Gasteiger charge is 2.29. The minimum Gasteiger partial charge on any atom is -0.333 e. The average Bonchev–Trinajstić information content (AvgIpc) is 3.01. The molecule has 0 aromatic carbocycles. The fourth-order valence-corrected chi connectivity index (χ4v) is 3.96. The molecule has 1 saturated heterocycles. The molecule has 128 valence electrons. The number of carbonyl (C=O) groups excluding carboxylic acids is 1. The maximum absolute atomic E-state index is 13.3. The van der Waals surface area contributed by atoms with Crippen molar-refractivity contribution in [2.24, 2.45) is 0 Å². The van der Waals surface area contributed by atoms with Crippen LogP contribution < -0.4 is 0 Å². The summed E-state index contributed by atoms with van der Waals surface area (Å²) in [6.45, 7) is 2.30. The minimum atomic E-state index is 0.00260. The monoisotopic (exact) mass is 343 g/mol. The number of rotatable bonds is 5. The number of hydrogen-bond acceptors (Lipinski definition) is 4. The van der Waals surface area contributed by atoms with E-state index in [1.807, 2.05) is 23.2 Å². The smallest absolute Gasteiger partial charge is 0.240 e. The maximum atomic E-state index is 13.3. The van der Waals surface area contributed by atoms with Crippen LogP contribution in [0, 0.1) is 0 Å². The zero-order chi connectivity index (χ0) is 16.8. The molecule has 1 aliphatic heterocycles. The van der Waals surface area contributed by atoms with Gasteiger partial charge in [-0.05, 0) is 60.5 Å². The van der Waals surface area contributed by atoms with Gasteiger partial charge in [-0.2, -0.15) is 11.3 Å². The lowest BCUT2D eigenvalue weighted by Crippen LogP contribution is -2.46. The van der Waals surface area contributed by atoms with Crippen LogP contribution in [0.4, 0.5) is 0 Å². The second-order valence-electron chi connectivity index (χ2n) is 6.53. The molecular weight excluding hydrogens is 318 g/mol. The number of hydrogen-bond donors (Lipinski definition) is 0. The third-order valence-electron chi connectivity index (χ3n) is 4.67. The number of nitrogens with zero attached hydrogens (tertiary/aromatic N) is 3. The van der Waals surface area contributed by atoms with Crippen LogP contribution in [0.2, 0.25) is 0 Å². The third kappa shape index (κ3) is 4.42. The van der Waals surface area contributed by atoms with Crippen LogP contribution in [0.25, 0.3) is 0 Å². The first kappa shape index (κ1) is 17.1. The molecular formula is C19H25N3OS. The van der Waals surface area contributed by atoms with Gasteiger partial charge in [0, 0.05) is 25.5 Å². The van der Waals surface area contributed by atoms with Gasteiger partial charge in [-0.1, -0.05) is 18.9 Å². The molecule has 0 saturated carbocycles. The van der Waals surface area contributed by atoms with Gasteiger partial charge >= 0.3 is 0 Å². The first-order valence-electron chi connectivity index (χ1n) is 8.63. The van der Waals surface area contributed by atoms with Crippen molar-refractivity contribution < 1.29 is 4.79 Å². The number of amides is 1. The summed E-state index contributed by atoms with van der Waals surface area (Å²) in [7, 11) is 2.08. The molecule has 1 amide bonds. The summed E-state index contributed by atoms with van der Waals surface area (Å²) in [5.41, 5.74) is 2.28. The Morgan fingerprint density at radius 3 is 2.92 bits per heavy atom. The van der Waals surface area contributed by atoms with E-state index in [2.05, 4.69) is 33.8 Å².